The Morgan fingerprint density at radius 2 is 2.05 bits per heavy atom. The van der Waals surface area contributed by atoms with E-state index in [1.807, 2.05) is 6.07 Å². The highest BCUT2D eigenvalue weighted by atomic mass is 32.1. The first-order valence-corrected chi connectivity index (χ1v) is 8.33. The molecule has 21 heavy (non-hydrogen) atoms. The number of nitrogens with zero attached hydrogens (tertiary/aromatic N) is 1. The molecule has 114 valence electrons. The number of thiol groups is 1. The minimum atomic E-state index is -0.441. The van der Waals surface area contributed by atoms with Crippen molar-refractivity contribution in [2.24, 2.45) is 5.92 Å². The molecule has 1 aliphatic heterocycles. The number of ketones is 1. The topological polar surface area (TPSA) is 20.3 Å². The van der Waals surface area contributed by atoms with Gasteiger partial charge < -0.3 is 0 Å². The molecule has 1 aromatic carbocycles. The van der Waals surface area contributed by atoms with Crippen molar-refractivity contribution in [1.29, 1.82) is 0 Å². The van der Waals surface area contributed by atoms with Crippen LogP contribution in [0.2, 0.25) is 0 Å². The first kappa shape index (κ1) is 15.0. The number of halogens is 1. The molecule has 3 rings (SSSR count). The highest BCUT2D eigenvalue weighted by molar-refractivity contribution is 7.81. The monoisotopic (exact) mass is 307 g/mol. The summed E-state index contributed by atoms with van der Waals surface area (Å²) in [6.45, 7) is 2.94. The zero-order valence-electron chi connectivity index (χ0n) is 12.3. The van der Waals surface area contributed by atoms with Gasteiger partial charge in [-0.2, -0.15) is 12.6 Å². The lowest BCUT2D eigenvalue weighted by Crippen LogP contribution is -2.48. The number of Topliss-reactive ketones (excluding diaryl/α,β-unsaturated/α-hetero) is 1. The van der Waals surface area contributed by atoms with Crippen LogP contribution in [0, 0.1) is 11.7 Å². The molecule has 0 N–H and O–H groups in total. The largest absolute Gasteiger partial charge is 0.297 e. The van der Waals surface area contributed by atoms with Crippen LogP contribution in [-0.4, -0.2) is 28.5 Å². The number of hydrogen-bond donors (Lipinski definition) is 1. The second-order valence-corrected chi connectivity index (χ2v) is 6.95. The van der Waals surface area contributed by atoms with E-state index in [4.69, 9.17) is 0 Å². The van der Waals surface area contributed by atoms with Crippen LogP contribution in [0.1, 0.15) is 44.2 Å². The Hall–Kier alpha value is -0.870. The third-order valence-electron chi connectivity index (χ3n) is 4.78. The molecule has 1 saturated carbocycles. The van der Waals surface area contributed by atoms with Gasteiger partial charge in [0.15, 0.2) is 5.78 Å². The van der Waals surface area contributed by atoms with Gasteiger partial charge in [0.1, 0.15) is 5.82 Å². The van der Waals surface area contributed by atoms with Crippen LogP contribution in [-0.2, 0) is 4.79 Å². The SMILES string of the molecule is CC1C(S)CCCN1C(C(=O)C1CC1)c1ccccc1F. The maximum Gasteiger partial charge on any atom is 0.157 e. The van der Waals surface area contributed by atoms with Crippen LogP contribution in [0.5, 0.6) is 0 Å². The molecule has 0 spiro atoms. The van der Waals surface area contributed by atoms with Gasteiger partial charge in [-0.05, 0) is 45.2 Å². The first-order valence-electron chi connectivity index (χ1n) is 7.81. The molecule has 0 amide bonds. The lowest BCUT2D eigenvalue weighted by molar-refractivity contribution is -0.127. The van der Waals surface area contributed by atoms with Crippen LogP contribution < -0.4 is 0 Å². The van der Waals surface area contributed by atoms with E-state index in [1.165, 1.54) is 6.07 Å². The van der Waals surface area contributed by atoms with Crippen LogP contribution in [0.4, 0.5) is 4.39 Å². The quantitative estimate of drug-likeness (QED) is 0.857. The molecule has 0 bridgehead atoms. The van der Waals surface area contributed by atoms with Crippen molar-refractivity contribution in [3.8, 4) is 0 Å². The summed E-state index contributed by atoms with van der Waals surface area (Å²) in [5.41, 5.74) is 0.531. The van der Waals surface area contributed by atoms with Crippen LogP contribution >= 0.6 is 12.6 Å². The maximum absolute atomic E-state index is 14.3. The van der Waals surface area contributed by atoms with Gasteiger partial charge in [0.2, 0.25) is 0 Å². The molecule has 1 aromatic rings. The lowest BCUT2D eigenvalue weighted by Gasteiger charge is -2.42. The fraction of sp³-hybridized carbons (Fsp3) is 0.588. The van der Waals surface area contributed by atoms with Crippen molar-refractivity contribution in [3.63, 3.8) is 0 Å². The lowest BCUT2D eigenvalue weighted by atomic mass is 9.92. The Morgan fingerprint density at radius 3 is 2.71 bits per heavy atom. The zero-order chi connectivity index (χ0) is 15.0. The van der Waals surface area contributed by atoms with Gasteiger partial charge >= 0.3 is 0 Å². The van der Waals surface area contributed by atoms with E-state index < -0.39 is 6.04 Å². The fourth-order valence-corrected chi connectivity index (χ4v) is 3.65. The Balaban J connectivity index is 1.96. The Bertz CT molecular complexity index is 531. The summed E-state index contributed by atoms with van der Waals surface area (Å²) in [6, 6.07) is 6.46. The first-order chi connectivity index (χ1) is 10.1. The molecule has 3 atom stereocenters. The molecule has 4 heteroatoms. The minimum absolute atomic E-state index is 0.127. The Kier molecular flexibility index (Phi) is 4.36. The second-order valence-electron chi connectivity index (χ2n) is 6.29. The fourth-order valence-electron chi connectivity index (χ4n) is 3.30. The van der Waals surface area contributed by atoms with E-state index in [1.54, 1.807) is 12.1 Å². The van der Waals surface area contributed by atoms with E-state index in [0.717, 1.165) is 32.2 Å². The average Bonchev–Trinajstić information content (AvgIpc) is 3.30. The van der Waals surface area contributed by atoms with Crippen molar-refractivity contribution >= 4 is 18.4 Å². The predicted molar refractivity (Wildman–Crippen MR) is 85.0 cm³/mol. The van der Waals surface area contributed by atoms with E-state index in [2.05, 4.69) is 24.5 Å². The number of carbonyl (C=O) groups excluding carboxylic acids is 1. The van der Waals surface area contributed by atoms with Crippen molar-refractivity contribution in [3.05, 3.63) is 35.6 Å². The molecule has 2 aliphatic rings. The summed E-state index contributed by atoms with van der Waals surface area (Å²) in [7, 11) is 0. The van der Waals surface area contributed by atoms with Crippen molar-refractivity contribution in [2.75, 3.05) is 6.54 Å². The van der Waals surface area contributed by atoms with Gasteiger partial charge in [-0.1, -0.05) is 18.2 Å². The second kappa shape index (κ2) is 6.09. The third-order valence-corrected chi connectivity index (χ3v) is 5.47. The number of hydrogen-bond acceptors (Lipinski definition) is 3. The summed E-state index contributed by atoms with van der Waals surface area (Å²) < 4.78 is 14.3. The summed E-state index contributed by atoms with van der Waals surface area (Å²) in [4.78, 5) is 14.9. The predicted octanol–water partition coefficient (Wildman–Crippen LogP) is 3.63. The third kappa shape index (κ3) is 3.02. The standard InChI is InChI=1S/C17H22FNOS/c1-11-15(21)7-4-10-19(11)16(17(20)12-8-9-12)13-5-2-3-6-14(13)18/h2-3,5-6,11-12,15-16,21H,4,7-10H2,1H3. The van der Waals surface area contributed by atoms with E-state index in [9.17, 15) is 9.18 Å². The van der Waals surface area contributed by atoms with Crippen LogP contribution in [0.25, 0.3) is 0 Å². The molecular weight excluding hydrogens is 285 g/mol. The number of rotatable bonds is 4. The molecule has 1 saturated heterocycles. The molecule has 2 nitrogen and oxygen atoms in total. The average molecular weight is 307 g/mol. The van der Waals surface area contributed by atoms with Gasteiger partial charge in [0.05, 0.1) is 6.04 Å². The Labute approximate surface area is 131 Å². The highest BCUT2D eigenvalue weighted by Gasteiger charge is 2.42. The smallest absolute Gasteiger partial charge is 0.157 e. The molecule has 1 aliphatic carbocycles. The number of carbonyl (C=O) groups is 1. The molecule has 0 aromatic heterocycles. The van der Waals surface area contributed by atoms with E-state index >= 15 is 0 Å². The molecular formula is C17H22FNOS. The van der Waals surface area contributed by atoms with Crippen molar-refractivity contribution < 1.29 is 9.18 Å². The summed E-state index contributed by atoms with van der Waals surface area (Å²) in [5, 5.41) is 0.250. The minimum Gasteiger partial charge on any atom is -0.297 e. The van der Waals surface area contributed by atoms with E-state index in [0.29, 0.717) is 5.56 Å². The van der Waals surface area contributed by atoms with Gasteiger partial charge in [-0.15, -0.1) is 0 Å². The highest BCUT2D eigenvalue weighted by Crippen LogP contribution is 2.40. The van der Waals surface area contributed by atoms with Crippen LogP contribution in [0.15, 0.2) is 24.3 Å². The molecule has 0 radical (unpaired) electrons. The molecule has 3 unspecified atom stereocenters. The maximum atomic E-state index is 14.3. The summed E-state index contributed by atoms with van der Waals surface area (Å²) >= 11 is 4.64. The molecule has 1 heterocycles. The number of likely N-dealkylation sites (tertiary alicyclic amines) is 1. The number of benzene rings is 1. The van der Waals surface area contributed by atoms with Gasteiger partial charge in [-0.25, -0.2) is 4.39 Å². The van der Waals surface area contributed by atoms with Gasteiger partial charge in [0.25, 0.3) is 0 Å². The number of piperidine rings is 1. The van der Waals surface area contributed by atoms with Gasteiger partial charge in [0, 0.05) is 22.8 Å². The normalized spacial score (nSPS) is 28.3. The zero-order valence-corrected chi connectivity index (χ0v) is 13.2. The van der Waals surface area contributed by atoms with Gasteiger partial charge in [-0.3, -0.25) is 9.69 Å². The van der Waals surface area contributed by atoms with Crippen LogP contribution in [0.3, 0.4) is 0 Å². The van der Waals surface area contributed by atoms with Crippen molar-refractivity contribution in [2.45, 2.75) is 49.9 Å². The summed E-state index contributed by atoms with van der Waals surface area (Å²) in [6.07, 6.45) is 3.98. The summed E-state index contributed by atoms with van der Waals surface area (Å²) in [5.74, 6) is 0.0430. The Morgan fingerprint density at radius 1 is 1.33 bits per heavy atom. The van der Waals surface area contributed by atoms with E-state index in [-0.39, 0.29) is 28.8 Å². The molecule has 2 fully saturated rings. The van der Waals surface area contributed by atoms with Crippen molar-refractivity contribution in [1.82, 2.24) is 4.90 Å².